The molecule has 1 aliphatic rings. The summed E-state index contributed by atoms with van der Waals surface area (Å²) in [6.45, 7) is 0.926. The van der Waals surface area contributed by atoms with E-state index in [9.17, 15) is 9.59 Å². The van der Waals surface area contributed by atoms with Gasteiger partial charge >= 0.3 is 0 Å². The maximum Gasteiger partial charge on any atom is 0.254 e. The molecule has 1 atom stereocenters. The first-order chi connectivity index (χ1) is 17.5. The summed E-state index contributed by atoms with van der Waals surface area (Å²) in [5.41, 5.74) is 2.62. The summed E-state index contributed by atoms with van der Waals surface area (Å²) in [4.78, 5) is 30.4. The number of aryl methyl sites for hydroxylation is 1. The second-order valence-electron chi connectivity index (χ2n) is 8.84. The van der Waals surface area contributed by atoms with Crippen molar-refractivity contribution in [2.24, 2.45) is 0 Å². The summed E-state index contributed by atoms with van der Waals surface area (Å²) in [5.74, 6) is 1.51. The lowest BCUT2D eigenvalue weighted by molar-refractivity contribution is -0.139. The number of carbonyl (C=O) groups is 2. The molecule has 36 heavy (non-hydrogen) atoms. The molecular weight excluding hydrogens is 456 g/mol. The number of carbonyl (C=O) groups excluding carboxylic acids is 2. The topological polar surface area (TPSA) is 68.3 Å². The van der Waals surface area contributed by atoms with E-state index < -0.39 is 0 Å². The minimum Gasteiger partial charge on any atom is -0.497 e. The Hall–Kier alpha value is -4.00. The normalized spacial score (nSPS) is 15.5. The highest BCUT2D eigenvalue weighted by Crippen LogP contribution is 2.26. The highest BCUT2D eigenvalue weighted by atomic mass is 16.5. The van der Waals surface area contributed by atoms with Crippen LogP contribution in [0, 0.1) is 0 Å². The Labute approximate surface area is 212 Å². The summed E-state index contributed by atoms with van der Waals surface area (Å²) < 4.78 is 16.0. The van der Waals surface area contributed by atoms with Crippen LogP contribution in [-0.4, -0.2) is 62.1 Å². The second-order valence-corrected chi connectivity index (χ2v) is 8.84. The van der Waals surface area contributed by atoms with Crippen molar-refractivity contribution in [1.29, 1.82) is 0 Å². The van der Waals surface area contributed by atoms with Crippen molar-refractivity contribution in [3.8, 4) is 17.2 Å². The van der Waals surface area contributed by atoms with Crippen LogP contribution in [0.5, 0.6) is 17.2 Å². The Morgan fingerprint density at radius 2 is 1.50 bits per heavy atom. The lowest BCUT2D eigenvalue weighted by Crippen LogP contribution is -2.57. The van der Waals surface area contributed by atoms with Gasteiger partial charge in [-0.3, -0.25) is 9.59 Å². The van der Waals surface area contributed by atoms with Crippen molar-refractivity contribution in [1.82, 2.24) is 9.80 Å². The van der Waals surface area contributed by atoms with Gasteiger partial charge in [0.15, 0.2) is 0 Å². The van der Waals surface area contributed by atoms with Crippen LogP contribution in [0.15, 0.2) is 72.8 Å². The number of rotatable bonds is 9. The molecule has 0 spiro atoms. The van der Waals surface area contributed by atoms with Crippen molar-refractivity contribution < 1.29 is 23.8 Å². The Morgan fingerprint density at radius 1 is 0.833 bits per heavy atom. The number of hydrogen-bond acceptors (Lipinski definition) is 5. The molecular formula is C29H32N2O5. The maximum absolute atomic E-state index is 13.5. The first-order valence-electron chi connectivity index (χ1n) is 12.0. The van der Waals surface area contributed by atoms with E-state index in [4.69, 9.17) is 14.2 Å². The van der Waals surface area contributed by atoms with Crippen LogP contribution in [0.25, 0.3) is 0 Å². The minimum atomic E-state index is -0.216. The summed E-state index contributed by atoms with van der Waals surface area (Å²) in [7, 11) is 4.72. The number of amides is 2. The van der Waals surface area contributed by atoms with E-state index in [1.54, 1.807) is 44.4 Å². The number of ether oxygens (including phenoxy) is 3. The van der Waals surface area contributed by atoms with E-state index in [2.05, 4.69) is 12.1 Å². The third kappa shape index (κ3) is 5.97. The van der Waals surface area contributed by atoms with Crippen LogP contribution in [-0.2, 0) is 17.8 Å². The maximum atomic E-state index is 13.5. The molecule has 1 saturated heterocycles. The van der Waals surface area contributed by atoms with Gasteiger partial charge in [-0.2, -0.15) is 0 Å². The highest BCUT2D eigenvalue weighted by Gasteiger charge is 2.35. The smallest absolute Gasteiger partial charge is 0.254 e. The number of hydrogen-bond donors (Lipinski definition) is 0. The molecule has 0 bridgehead atoms. The quantitative estimate of drug-likeness (QED) is 0.452. The predicted molar refractivity (Wildman–Crippen MR) is 138 cm³/mol. The summed E-state index contributed by atoms with van der Waals surface area (Å²) in [6, 6.07) is 22.9. The van der Waals surface area contributed by atoms with Gasteiger partial charge in [0, 0.05) is 24.7 Å². The van der Waals surface area contributed by atoms with Crippen molar-refractivity contribution in [2.75, 3.05) is 34.4 Å². The standard InChI is InChI=1S/C29H32N2O5/c1-34-25-11-7-10-22(14-25)18-31-24(13-12-21-8-5-4-6-9-21)19-30(20-28(31)32)29(33)23-15-26(35-2)17-27(16-23)36-3/h4-11,14-17,24H,12-13,18-20H2,1-3H3/t24-/m0/s1. The fourth-order valence-corrected chi connectivity index (χ4v) is 4.55. The van der Waals surface area contributed by atoms with Gasteiger partial charge in [-0.05, 0) is 48.2 Å². The third-order valence-electron chi connectivity index (χ3n) is 6.50. The first-order valence-corrected chi connectivity index (χ1v) is 12.0. The van der Waals surface area contributed by atoms with E-state index in [1.807, 2.05) is 47.4 Å². The Bertz CT molecular complexity index is 1180. The zero-order valence-corrected chi connectivity index (χ0v) is 21.0. The summed E-state index contributed by atoms with van der Waals surface area (Å²) in [5, 5.41) is 0. The van der Waals surface area contributed by atoms with E-state index in [0.717, 1.165) is 24.2 Å². The predicted octanol–water partition coefficient (Wildman–Crippen LogP) is 4.20. The lowest BCUT2D eigenvalue weighted by Gasteiger charge is -2.41. The lowest BCUT2D eigenvalue weighted by atomic mass is 10.00. The molecule has 188 valence electrons. The molecule has 4 rings (SSSR count). The van der Waals surface area contributed by atoms with E-state index in [1.165, 1.54) is 5.56 Å². The zero-order valence-electron chi connectivity index (χ0n) is 21.0. The molecule has 0 unspecified atom stereocenters. The monoisotopic (exact) mass is 488 g/mol. The molecule has 0 aromatic heterocycles. The average molecular weight is 489 g/mol. The Balaban J connectivity index is 1.57. The van der Waals surface area contributed by atoms with Crippen LogP contribution in [0.2, 0.25) is 0 Å². The van der Waals surface area contributed by atoms with Gasteiger partial charge in [-0.1, -0.05) is 42.5 Å². The zero-order chi connectivity index (χ0) is 25.5. The van der Waals surface area contributed by atoms with Gasteiger partial charge in [0.25, 0.3) is 5.91 Å². The van der Waals surface area contributed by atoms with Crippen LogP contribution in [0.1, 0.15) is 27.9 Å². The molecule has 7 nitrogen and oxygen atoms in total. The second kappa shape index (κ2) is 11.6. The van der Waals surface area contributed by atoms with Gasteiger partial charge in [0.2, 0.25) is 5.91 Å². The molecule has 3 aromatic carbocycles. The van der Waals surface area contributed by atoms with Gasteiger partial charge in [0.05, 0.1) is 27.4 Å². The average Bonchev–Trinajstić information content (AvgIpc) is 2.93. The molecule has 2 amide bonds. The van der Waals surface area contributed by atoms with E-state index in [-0.39, 0.29) is 24.4 Å². The van der Waals surface area contributed by atoms with Gasteiger partial charge in [-0.25, -0.2) is 0 Å². The summed E-state index contributed by atoms with van der Waals surface area (Å²) in [6.07, 6.45) is 1.55. The molecule has 1 fully saturated rings. The Morgan fingerprint density at radius 3 is 2.17 bits per heavy atom. The molecule has 7 heteroatoms. The number of methoxy groups -OCH3 is 3. The van der Waals surface area contributed by atoms with E-state index >= 15 is 0 Å². The van der Waals surface area contributed by atoms with Crippen molar-refractivity contribution in [3.05, 3.63) is 89.5 Å². The van der Waals surface area contributed by atoms with Crippen LogP contribution in [0.4, 0.5) is 0 Å². The van der Waals surface area contributed by atoms with Gasteiger partial charge < -0.3 is 24.0 Å². The molecule has 3 aromatic rings. The Kier molecular flexibility index (Phi) is 8.10. The fourth-order valence-electron chi connectivity index (χ4n) is 4.55. The molecule has 0 radical (unpaired) electrons. The molecule has 1 aliphatic heterocycles. The molecule has 1 heterocycles. The highest BCUT2D eigenvalue weighted by molar-refractivity contribution is 5.98. The van der Waals surface area contributed by atoms with Crippen molar-refractivity contribution in [3.63, 3.8) is 0 Å². The third-order valence-corrected chi connectivity index (χ3v) is 6.50. The minimum absolute atomic E-state index is 0.0180. The molecule has 0 saturated carbocycles. The van der Waals surface area contributed by atoms with Gasteiger partial charge in [0.1, 0.15) is 23.8 Å². The van der Waals surface area contributed by atoms with Crippen LogP contribution >= 0.6 is 0 Å². The van der Waals surface area contributed by atoms with Crippen molar-refractivity contribution >= 4 is 11.8 Å². The molecule has 0 aliphatic carbocycles. The van der Waals surface area contributed by atoms with Crippen LogP contribution < -0.4 is 14.2 Å². The first kappa shape index (κ1) is 25.1. The number of piperazine rings is 1. The van der Waals surface area contributed by atoms with Gasteiger partial charge in [-0.15, -0.1) is 0 Å². The number of benzene rings is 3. The van der Waals surface area contributed by atoms with Crippen molar-refractivity contribution in [2.45, 2.75) is 25.4 Å². The largest absolute Gasteiger partial charge is 0.497 e. The summed E-state index contributed by atoms with van der Waals surface area (Å²) >= 11 is 0. The fraction of sp³-hybridized carbons (Fsp3) is 0.310. The van der Waals surface area contributed by atoms with Crippen LogP contribution in [0.3, 0.4) is 0 Å². The van der Waals surface area contributed by atoms with E-state index in [0.29, 0.717) is 30.2 Å². The number of nitrogens with zero attached hydrogens (tertiary/aromatic N) is 2. The molecule has 0 N–H and O–H groups in total. The SMILES string of the molecule is COc1cccc(CN2C(=O)CN(C(=O)c3cc(OC)cc(OC)c3)C[C@@H]2CCc2ccccc2)c1.